The third-order valence-corrected chi connectivity index (χ3v) is 4.26. The van der Waals surface area contributed by atoms with E-state index in [4.69, 9.17) is 15.5 Å². The zero-order chi connectivity index (χ0) is 21.5. The molecule has 0 aromatic heterocycles. The summed E-state index contributed by atoms with van der Waals surface area (Å²) in [4.78, 5) is 32.1. The average molecular weight is 381 g/mol. The molecule has 0 aliphatic heterocycles. The Kier molecular flexibility index (Phi) is 7.22. The molecule has 6 nitrogen and oxygen atoms in total. The van der Waals surface area contributed by atoms with Crippen LogP contribution in [-0.4, -0.2) is 28.4 Å². The van der Waals surface area contributed by atoms with Gasteiger partial charge in [-0.15, -0.1) is 0 Å². The second-order valence-electron chi connectivity index (χ2n) is 7.35. The minimum atomic E-state index is -0.978. The van der Waals surface area contributed by atoms with Crippen LogP contribution in [0.25, 0.3) is 0 Å². The van der Waals surface area contributed by atoms with Gasteiger partial charge in [-0.1, -0.05) is 24.3 Å². The summed E-state index contributed by atoms with van der Waals surface area (Å²) in [5, 5.41) is 26.4. The first-order chi connectivity index (χ1) is 12.9. The molecule has 0 aliphatic rings. The molecule has 0 saturated carbocycles. The fraction of sp³-hybridized carbons (Fsp3) is 0.273. The van der Waals surface area contributed by atoms with E-state index >= 15 is 0 Å². The molecule has 0 fully saturated rings. The summed E-state index contributed by atoms with van der Waals surface area (Å²) in [6.07, 6.45) is 0.813. The number of carbonyl (C=O) groups is 3. The van der Waals surface area contributed by atoms with Crippen molar-refractivity contribution in [1.29, 1.82) is 5.26 Å². The smallest absolute Gasteiger partial charge is 0.335 e. The van der Waals surface area contributed by atoms with Gasteiger partial charge in [0.25, 0.3) is 0 Å². The second kappa shape index (κ2) is 8.96. The number of benzene rings is 2. The van der Waals surface area contributed by atoms with Crippen molar-refractivity contribution in [2.75, 3.05) is 0 Å². The molecule has 2 N–H and O–H groups in total. The van der Waals surface area contributed by atoms with Gasteiger partial charge < -0.3 is 15.0 Å². The van der Waals surface area contributed by atoms with E-state index in [1.807, 2.05) is 0 Å². The normalized spacial score (nSPS) is 10.8. The maximum Gasteiger partial charge on any atom is 0.335 e. The zero-order valence-corrected chi connectivity index (χ0v) is 16.3. The molecule has 146 valence electrons. The van der Waals surface area contributed by atoms with Crippen LogP contribution >= 0.6 is 0 Å². The number of carboxylic acid groups (broad SMARTS) is 2. The minimum absolute atomic E-state index is 0.206. The van der Waals surface area contributed by atoms with E-state index in [0.29, 0.717) is 5.56 Å². The van der Waals surface area contributed by atoms with Crippen molar-refractivity contribution in [1.82, 2.24) is 0 Å². The van der Waals surface area contributed by atoms with E-state index in [9.17, 15) is 14.4 Å². The van der Waals surface area contributed by atoms with Crippen LogP contribution in [0.5, 0.6) is 0 Å². The van der Waals surface area contributed by atoms with E-state index < -0.39 is 22.8 Å². The highest BCUT2D eigenvalue weighted by Gasteiger charge is 2.21. The predicted molar refractivity (Wildman–Crippen MR) is 105 cm³/mol. The van der Waals surface area contributed by atoms with Crippen LogP contribution in [0.1, 0.15) is 59.5 Å². The topological polar surface area (TPSA) is 115 Å². The number of carboxylic acids is 2. The van der Waals surface area contributed by atoms with Crippen LogP contribution in [0.2, 0.25) is 0 Å². The van der Waals surface area contributed by atoms with Crippen molar-refractivity contribution in [2.45, 2.75) is 38.5 Å². The molecular weight excluding hydrogens is 358 g/mol. The van der Waals surface area contributed by atoms with Crippen molar-refractivity contribution in [3.63, 3.8) is 0 Å². The largest absolute Gasteiger partial charge is 0.478 e. The summed E-state index contributed by atoms with van der Waals surface area (Å²) in [5.74, 6) is -1.95. The number of nitrogens with zero attached hydrogens (tertiary/aromatic N) is 1. The zero-order valence-electron chi connectivity index (χ0n) is 16.3. The van der Waals surface area contributed by atoms with Gasteiger partial charge in [0.15, 0.2) is 0 Å². The number of hydrogen-bond acceptors (Lipinski definition) is 4. The van der Waals surface area contributed by atoms with E-state index in [2.05, 4.69) is 6.07 Å². The summed E-state index contributed by atoms with van der Waals surface area (Å²) in [6, 6.07) is 15.0. The average Bonchev–Trinajstić information content (AvgIpc) is 2.68. The quantitative estimate of drug-likeness (QED) is 0.755. The summed E-state index contributed by atoms with van der Waals surface area (Å²) < 4.78 is 0. The molecule has 2 rings (SSSR count). The molecule has 0 atom stereocenters. The van der Waals surface area contributed by atoms with Crippen molar-refractivity contribution in [3.8, 4) is 6.07 Å². The Morgan fingerprint density at radius 3 is 1.71 bits per heavy atom. The Bertz CT molecular complexity index is 923. The highest BCUT2D eigenvalue weighted by Crippen LogP contribution is 2.23. The van der Waals surface area contributed by atoms with Gasteiger partial charge in [-0.05, 0) is 63.1 Å². The Morgan fingerprint density at radius 1 is 0.893 bits per heavy atom. The highest BCUT2D eigenvalue weighted by atomic mass is 16.4. The number of carbonyl (C=O) groups excluding carboxylic acids is 1. The second-order valence-corrected chi connectivity index (χ2v) is 7.35. The van der Waals surface area contributed by atoms with Gasteiger partial charge in [-0.2, -0.15) is 5.26 Å². The first-order valence-corrected chi connectivity index (χ1v) is 8.50. The SMILES string of the molecule is CC(C)(C#N)c1cccc(C(=O)O)c1.CC(C)(C=O)c1cccc(C(=O)O)c1. The van der Waals surface area contributed by atoms with Gasteiger partial charge >= 0.3 is 11.9 Å². The maximum absolute atomic E-state index is 10.8. The molecule has 0 aliphatic carbocycles. The monoisotopic (exact) mass is 381 g/mol. The summed E-state index contributed by atoms with van der Waals surface area (Å²) in [5.41, 5.74) is 0.576. The van der Waals surface area contributed by atoms with Crippen LogP contribution in [0.4, 0.5) is 0 Å². The van der Waals surface area contributed by atoms with Crippen LogP contribution in [0, 0.1) is 11.3 Å². The van der Waals surface area contributed by atoms with Gasteiger partial charge in [-0.3, -0.25) is 0 Å². The molecule has 2 aromatic carbocycles. The van der Waals surface area contributed by atoms with Crippen LogP contribution < -0.4 is 0 Å². The standard InChI is InChI=1S/C11H11NO2.C11H12O3/c2*1-11(2,7-12)9-5-3-4-8(6-9)10(13)14/h3-6H,1-2H3,(H,13,14);3-7H,1-2H3,(H,13,14). The van der Waals surface area contributed by atoms with Gasteiger partial charge in [-0.25, -0.2) is 9.59 Å². The molecule has 0 unspecified atom stereocenters. The summed E-state index contributed by atoms with van der Waals surface area (Å²) in [7, 11) is 0. The third kappa shape index (κ3) is 5.78. The van der Waals surface area contributed by atoms with Gasteiger partial charge in [0, 0.05) is 5.41 Å². The van der Waals surface area contributed by atoms with E-state index in [1.54, 1.807) is 52.0 Å². The number of hydrogen-bond donors (Lipinski definition) is 2. The molecule has 0 saturated heterocycles. The van der Waals surface area contributed by atoms with Gasteiger partial charge in [0.1, 0.15) is 6.29 Å². The lowest BCUT2D eigenvalue weighted by Gasteiger charge is -2.17. The van der Waals surface area contributed by atoms with Crippen molar-refractivity contribution in [3.05, 3.63) is 70.8 Å². The molecule has 0 amide bonds. The molecule has 6 heteroatoms. The third-order valence-electron chi connectivity index (χ3n) is 4.26. The van der Waals surface area contributed by atoms with Crippen LogP contribution in [0.3, 0.4) is 0 Å². The molecule has 0 spiro atoms. The van der Waals surface area contributed by atoms with Gasteiger partial charge in [0.2, 0.25) is 0 Å². The molecular formula is C22H23NO5. The lowest BCUT2D eigenvalue weighted by atomic mass is 9.85. The number of aldehydes is 1. The fourth-order valence-corrected chi connectivity index (χ4v) is 2.23. The Morgan fingerprint density at radius 2 is 1.32 bits per heavy atom. The molecule has 0 radical (unpaired) electrons. The maximum atomic E-state index is 10.8. The summed E-state index contributed by atoms with van der Waals surface area (Å²) in [6.45, 7) is 7.02. The van der Waals surface area contributed by atoms with Crippen molar-refractivity contribution < 1.29 is 24.6 Å². The van der Waals surface area contributed by atoms with Crippen molar-refractivity contribution in [2.24, 2.45) is 0 Å². The van der Waals surface area contributed by atoms with Crippen LogP contribution in [-0.2, 0) is 15.6 Å². The molecule has 0 bridgehead atoms. The molecule has 0 heterocycles. The number of rotatable bonds is 5. The van der Waals surface area contributed by atoms with Gasteiger partial charge in [0.05, 0.1) is 22.6 Å². The van der Waals surface area contributed by atoms with E-state index in [0.717, 1.165) is 11.8 Å². The fourth-order valence-electron chi connectivity index (χ4n) is 2.23. The highest BCUT2D eigenvalue weighted by molar-refractivity contribution is 5.88. The Hall–Kier alpha value is -3.46. The molecule has 28 heavy (non-hydrogen) atoms. The Balaban J connectivity index is 0.000000280. The Labute approximate surface area is 164 Å². The lowest BCUT2D eigenvalue weighted by molar-refractivity contribution is -0.111. The van der Waals surface area contributed by atoms with Crippen LogP contribution in [0.15, 0.2) is 48.5 Å². The number of aromatic carboxylic acids is 2. The van der Waals surface area contributed by atoms with E-state index in [-0.39, 0.29) is 11.1 Å². The predicted octanol–water partition coefficient (Wildman–Crippen LogP) is 4.05. The first kappa shape index (κ1) is 22.6. The van der Waals surface area contributed by atoms with Crippen molar-refractivity contribution >= 4 is 18.2 Å². The molecule has 2 aromatic rings. The first-order valence-electron chi connectivity index (χ1n) is 8.50. The number of nitriles is 1. The summed E-state index contributed by atoms with van der Waals surface area (Å²) >= 11 is 0. The lowest BCUT2D eigenvalue weighted by Crippen LogP contribution is -2.19. The van der Waals surface area contributed by atoms with E-state index in [1.165, 1.54) is 24.3 Å². The minimum Gasteiger partial charge on any atom is -0.478 e.